The Morgan fingerprint density at radius 1 is 1.30 bits per heavy atom. The van der Waals surface area contributed by atoms with E-state index in [4.69, 9.17) is 4.42 Å². The second kappa shape index (κ2) is 5.32. The number of rotatable bonds is 2. The van der Waals surface area contributed by atoms with Gasteiger partial charge in [-0.2, -0.15) is 0 Å². The quantitative estimate of drug-likeness (QED) is 0.803. The van der Waals surface area contributed by atoms with Crippen molar-refractivity contribution in [3.8, 4) is 5.75 Å². The standard InChI is InChI=1S/C15H16BrNO3/c1-15(2,3)10-4-5-12(18)11(7-10)17-14(19)9-6-13(16)20-8-9/h4-8,18H,1-3H3,(H,17,19). The maximum Gasteiger partial charge on any atom is 0.259 e. The summed E-state index contributed by atoms with van der Waals surface area (Å²) in [5.74, 6) is -0.297. The van der Waals surface area contributed by atoms with Crippen LogP contribution in [-0.2, 0) is 5.41 Å². The van der Waals surface area contributed by atoms with Gasteiger partial charge < -0.3 is 14.8 Å². The number of furan rings is 1. The van der Waals surface area contributed by atoms with E-state index in [0.717, 1.165) is 5.56 Å². The maximum absolute atomic E-state index is 12.0. The number of nitrogens with one attached hydrogen (secondary N) is 1. The van der Waals surface area contributed by atoms with Crippen LogP contribution in [-0.4, -0.2) is 11.0 Å². The van der Waals surface area contributed by atoms with Crippen LogP contribution in [0, 0.1) is 0 Å². The summed E-state index contributed by atoms with van der Waals surface area (Å²) in [6.07, 6.45) is 1.35. The zero-order valence-electron chi connectivity index (χ0n) is 11.5. The van der Waals surface area contributed by atoms with Crippen LogP contribution < -0.4 is 5.32 Å². The molecule has 0 bridgehead atoms. The largest absolute Gasteiger partial charge is 0.506 e. The number of phenols is 1. The lowest BCUT2D eigenvalue weighted by molar-refractivity contribution is 0.102. The number of hydrogen-bond donors (Lipinski definition) is 2. The second-order valence-electron chi connectivity index (χ2n) is 5.58. The van der Waals surface area contributed by atoms with E-state index < -0.39 is 0 Å². The maximum atomic E-state index is 12.0. The van der Waals surface area contributed by atoms with Crippen molar-refractivity contribution in [1.82, 2.24) is 0 Å². The third-order valence-corrected chi connectivity index (χ3v) is 3.36. The van der Waals surface area contributed by atoms with Crippen molar-refractivity contribution in [2.75, 3.05) is 5.32 Å². The van der Waals surface area contributed by atoms with E-state index in [0.29, 0.717) is 15.9 Å². The molecule has 2 aromatic rings. The summed E-state index contributed by atoms with van der Waals surface area (Å²) in [6, 6.07) is 6.78. The normalized spacial score (nSPS) is 11.4. The number of halogens is 1. The minimum atomic E-state index is -0.333. The fourth-order valence-electron chi connectivity index (χ4n) is 1.73. The van der Waals surface area contributed by atoms with Gasteiger partial charge >= 0.3 is 0 Å². The number of benzene rings is 1. The Bertz CT molecular complexity index is 641. The number of amides is 1. The van der Waals surface area contributed by atoms with Gasteiger partial charge in [-0.05, 0) is 39.0 Å². The van der Waals surface area contributed by atoms with Gasteiger partial charge in [0.15, 0.2) is 4.67 Å². The summed E-state index contributed by atoms with van der Waals surface area (Å²) in [6.45, 7) is 6.20. The Morgan fingerprint density at radius 2 is 2.00 bits per heavy atom. The van der Waals surface area contributed by atoms with Gasteiger partial charge in [-0.15, -0.1) is 0 Å². The van der Waals surface area contributed by atoms with Crippen LogP contribution in [0.4, 0.5) is 5.69 Å². The number of aromatic hydroxyl groups is 1. The molecule has 106 valence electrons. The molecule has 4 nitrogen and oxygen atoms in total. The molecule has 2 N–H and O–H groups in total. The lowest BCUT2D eigenvalue weighted by Gasteiger charge is -2.20. The molecule has 0 aliphatic carbocycles. The van der Waals surface area contributed by atoms with Crippen molar-refractivity contribution < 1.29 is 14.3 Å². The first-order valence-corrected chi connectivity index (χ1v) is 6.95. The molecule has 20 heavy (non-hydrogen) atoms. The molecule has 0 saturated heterocycles. The molecule has 1 amide bonds. The minimum Gasteiger partial charge on any atom is -0.506 e. The van der Waals surface area contributed by atoms with Crippen LogP contribution in [0.15, 0.2) is 39.6 Å². The fourth-order valence-corrected chi connectivity index (χ4v) is 2.07. The average Bonchev–Trinajstić information content (AvgIpc) is 2.77. The smallest absolute Gasteiger partial charge is 0.259 e. The molecule has 0 aliphatic rings. The van der Waals surface area contributed by atoms with E-state index >= 15 is 0 Å². The molecule has 0 fully saturated rings. The topological polar surface area (TPSA) is 62.5 Å². The van der Waals surface area contributed by atoms with Gasteiger partial charge in [0.05, 0.1) is 11.3 Å². The predicted octanol–water partition coefficient (Wildman–Crippen LogP) is 4.30. The first kappa shape index (κ1) is 14.7. The van der Waals surface area contributed by atoms with E-state index in [2.05, 4.69) is 42.0 Å². The first-order chi connectivity index (χ1) is 9.27. The molecule has 1 aromatic heterocycles. The van der Waals surface area contributed by atoms with Crippen LogP contribution in [0.5, 0.6) is 5.75 Å². The zero-order valence-corrected chi connectivity index (χ0v) is 13.1. The van der Waals surface area contributed by atoms with Gasteiger partial charge in [-0.25, -0.2) is 0 Å². The molecule has 1 heterocycles. The molecule has 0 saturated carbocycles. The van der Waals surface area contributed by atoms with Crippen molar-refractivity contribution in [3.05, 3.63) is 46.3 Å². The first-order valence-electron chi connectivity index (χ1n) is 6.16. The highest BCUT2D eigenvalue weighted by Crippen LogP contribution is 2.31. The van der Waals surface area contributed by atoms with Gasteiger partial charge in [0.2, 0.25) is 0 Å². The number of hydrogen-bond acceptors (Lipinski definition) is 3. The summed E-state index contributed by atoms with van der Waals surface area (Å²) in [4.78, 5) is 12.0. The lowest BCUT2D eigenvalue weighted by atomic mass is 9.87. The summed E-state index contributed by atoms with van der Waals surface area (Å²) >= 11 is 3.14. The summed E-state index contributed by atoms with van der Waals surface area (Å²) in [7, 11) is 0. The van der Waals surface area contributed by atoms with Crippen molar-refractivity contribution in [1.29, 1.82) is 0 Å². The third-order valence-electron chi connectivity index (χ3n) is 2.94. The number of carbonyl (C=O) groups is 1. The monoisotopic (exact) mass is 337 g/mol. The van der Waals surface area contributed by atoms with Crippen molar-refractivity contribution in [2.24, 2.45) is 0 Å². The van der Waals surface area contributed by atoms with Gasteiger partial charge in [-0.1, -0.05) is 26.8 Å². The molecular weight excluding hydrogens is 322 g/mol. The second-order valence-corrected chi connectivity index (χ2v) is 6.36. The van der Waals surface area contributed by atoms with Crippen molar-refractivity contribution in [3.63, 3.8) is 0 Å². The van der Waals surface area contributed by atoms with E-state index in [1.807, 2.05) is 6.07 Å². The molecule has 0 unspecified atom stereocenters. The van der Waals surface area contributed by atoms with Crippen LogP contribution in [0.1, 0.15) is 36.7 Å². The minimum absolute atomic E-state index is 0.0360. The molecule has 1 aromatic carbocycles. The Hall–Kier alpha value is -1.75. The Morgan fingerprint density at radius 3 is 2.55 bits per heavy atom. The number of anilines is 1. The van der Waals surface area contributed by atoms with Crippen molar-refractivity contribution >= 4 is 27.5 Å². The molecule has 0 atom stereocenters. The average molecular weight is 338 g/mol. The predicted molar refractivity (Wildman–Crippen MR) is 81.2 cm³/mol. The van der Waals surface area contributed by atoms with Gasteiger partial charge in [0.1, 0.15) is 12.0 Å². The molecule has 0 aliphatic heterocycles. The SMILES string of the molecule is CC(C)(C)c1ccc(O)c(NC(=O)c2coc(Br)c2)c1. The Labute approximate surface area is 125 Å². The number of phenolic OH excluding ortho intramolecular Hbond substituents is 1. The molecular formula is C15H16BrNO3. The van der Waals surface area contributed by atoms with Gasteiger partial charge in [0.25, 0.3) is 5.91 Å². The molecule has 5 heteroatoms. The summed E-state index contributed by atoms with van der Waals surface area (Å²) in [5, 5.41) is 12.5. The Balaban J connectivity index is 2.27. The molecule has 2 rings (SSSR count). The highest BCUT2D eigenvalue weighted by atomic mass is 79.9. The van der Waals surface area contributed by atoms with E-state index in [9.17, 15) is 9.90 Å². The lowest BCUT2D eigenvalue weighted by Crippen LogP contribution is -2.14. The van der Waals surface area contributed by atoms with Crippen LogP contribution >= 0.6 is 15.9 Å². The van der Waals surface area contributed by atoms with Crippen LogP contribution in [0.2, 0.25) is 0 Å². The zero-order chi connectivity index (χ0) is 14.9. The molecule has 0 spiro atoms. The van der Waals surface area contributed by atoms with Crippen molar-refractivity contribution in [2.45, 2.75) is 26.2 Å². The van der Waals surface area contributed by atoms with Crippen LogP contribution in [0.25, 0.3) is 0 Å². The van der Waals surface area contributed by atoms with E-state index in [1.54, 1.807) is 18.2 Å². The summed E-state index contributed by atoms with van der Waals surface area (Å²) in [5.41, 5.74) is 1.74. The third kappa shape index (κ3) is 3.22. The Kier molecular flexibility index (Phi) is 3.90. The van der Waals surface area contributed by atoms with Gasteiger partial charge in [-0.3, -0.25) is 4.79 Å². The van der Waals surface area contributed by atoms with E-state index in [1.165, 1.54) is 6.26 Å². The highest BCUT2D eigenvalue weighted by molar-refractivity contribution is 9.10. The van der Waals surface area contributed by atoms with Gasteiger partial charge in [0, 0.05) is 6.07 Å². The summed E-state index contributed by atoms with van der Waals surface area (Å²) < 4.78 is 5.51. The van der Waals surface area contributed by atoms with Crippen LogP contribution in [0.3, 0.4) is 0 Å². The van der Waals surface area contributed by atoms with E-state index in [-0.39, 0.29) is 17.1 Å². The highest BCUT2D eigenvalue weighted by Gasteiger charge is 2.17. The number of carbonyl (C=O) groups excluding carboxylic acids is 1. The fraction of sp³-hybridized carbons (Fsp3) is 0.267. The molecule has 0 radical (unpaired) electrons.